The Bertz CT molecular complexity index is 1320. The third-order valence-electron chi connectivity index (χ3n) is 6.00. The Morgan fingerprint density at radius 1 is 1.11 bits per heavy atom. The van der Waals surface area contributed by atoms with Crippen molar-refractivity contribution in [2.24, 2.45) is 0 Å². The van der Waals surface area contributed by atoms with E-state index in [-0.39, 0.29) is 22.5 Å². The van der Waals surface area contributed by atoms with Gasteiger partial charge < -0.3 is 15.0 Å². The minimum absolute atomic E-state index is 0.0233. The summed E-state index contributed by atoms with van der Waals surface area (Å²) in [5.41, 5.74) is 2.51. The summed E-state index contributed by atoms with van der Waals surface area (Å²) in [6.07, 6.45) is 7.47. The number of urea groups is 1. The number of nitrogens with one attached hydrogen (secondary N) is 1. The molecule has 0 radical (unpaired) electrons. The molecule has 1 atom stereocenters. The number of amides is 4. The Morgan fingerprint density at radius 3 is 2.24 bits per heavy atom. The van der Waals surface area contributed by atoms with Crippen LogP contribution < -0.4 is 15.0 Å². The maximum Gasteiger partial charge on any atom is 0.321 e. The molecule has 4 rings (SSSR count). The summed E-state index contributed by atoms with van der Waals surface area (Å²) in [6.45, 7) is 3.55. The van der Waals surface area contributed by atoms with Crippen LogP contribution in [0.4, 0.5) is 20.6 Å². The summed E-state index contributed by atoms with van der Waals surface area (Å²) in [5.74, 6) is 0.807. The van der Waals surface area contributed by atoms with E-state index in [0.29, 0.717) is 34.7 Å². The highest BCUT2D eigenvalue weighted by Gasteiger charge is 2.41. The molecule has 2 aliphatic rings. The molecule has 1 heterocycles. The number of aryl methyl sites for hydroxylation is 1. The lowest BCUT2D eigenvalue weighted by Crippen LogP contribution is -2.32. The highest BCUT2D eigenvalue weighted by molar-refractivity contribution is 6.34. The fourth-order valence-corrected chi connectivity index (χ4v) is 4.24. The van der Waals surface area contributed by atoms with Gasteiger partial charge in [-0.2, -0.15) is 0 Å². The predicted octanol–water partition coefficient (Wildman–Crippen LogP) is 6.37. The lowest BCUT2D eigenvalue weighted by Gasteiger charge is -2.19. The largest absolute Gasteiger partial charge is 0.476 e. The van der Waals surface area contributed by atoms with E-state index in [2.05, 4.69) is 11.2 Å². The Morgan fingerprint density at radius 2 is 1.71 bits per heavy atom. The number of anilines is 2. The van der Waals surface area contributed by atoms with Gasteiger partial charge in [-0.05, 0) is 63.3 Å². The number of carbonyl (C=O) groups excluding carboxylic acids is 3. The first kappa shape index (κ1) is 29.0. The van der Waals surface area contributed by atoms with E-state index in [0.717, 1.165) is 29.4 Å². The molecule has 7 nitrogen and oxygen atoms in total. The fourth-order valence-electron chi connectivity index (χ4n) is 3.87. The lowest BCUT2D eigenvalue weighted by molar-refractivity contribution is -0.120. The first-order valence-electron chi connectivity index (χ1n) is 11.9. The standard InChI is InChI=1S/C18H15ClFNO3.C10H13ClN2O/c1-3-10(2)24-16-9-15(14(20)8-13(16)19)21-17(22)11-6-4-5-7-12(11)18(21)23;1-7-4-5-8(6-9(7)11)12-10(14)13(2)3/h1,8-10H,4-7H2,2H3;4-6H,1-3H3,(H,12,14). The molecule has 200 valence electrons. The van der Waals surface area contributed by atoms with Gasteiger partial charge in [-0.25, -0.2) is 14.1 Å². The highest BCUT2D eigenvalue weighted by atomic mass is 35.5. The molecule has 0 saturated heterocycles. The van der Waals surface area contributed by atoms with Crippen LogP contribution >= 0.6 is 23.2 Å². The zero-order chi connectivity index (χ0) is 28.1. The van der Waals surface area contributed by atoms with Crippen LogP contribution in [0.3, 0.4) is 0 Å². The molecule has 1 unspecified atom stereocenters. The summed E-state index contributed by atoms with van der Waals surface area (Å²) in [5, 5.41) is 3.39. The van der Waals surface area contributed by atoms with Crippen molar-refractivity contribution in [3.8, 4) is 18.1 Å². The van der Waals surface area contributed by atoms with Crippen molar-refractivity contribution in [3.05, 3.63) is 62.9 Å². The van der Waals surface area contributed by atoms with Crippen molar-refractivity contribution in [3.63, 3.8) is 0 Å². The Labute approximate surface area is 231 Å². The normalized spacial score (nSPS) is 15.3. The summed E-state index contributed by atoms with van der Waals surface area (Å²) < 4.78 is 19.8. The second-order valence-electron chi connectivity index (χ2n) is 9.06. The first-order valence-corrected chi connectivity index (χ1v) is 12.7. The van der Waals surface area contributed by atoms with Crippen molar-refractivity contribution in [1.82, 2.24) is 4.90 Å². The van der Waals surface area contributed by atoms with E-state index >= 15 is 0 Å². The first-order chi connectivity index (χ1) is 17.9. The van der Waals surface area contributed by atoms with Crippen molar-refractivity contribution < 1.29 is 23.5 Å². The zero-order valence-electron chi connectivity index (χ0n) is 21.5. The molecule has 0 fully saturated rings. The molecule has 0 spiro atoms. The molecule has 2 aromatic rings. The van der Waals surface area contributed by atoms with Crippen LogP contribution in [0, 0.1) is 25.1 Å². The number of imide groups is 1. The van der Waals surface area contributed by atoms with E-state index in [1.54, 1.807) is 27.1 Å². The van der Waals surface area contributed by atoms with Gasteiger partial charge in [0.15, 0.2) is 6.10 Å². The van der Waals surface area contributed by atoms with Gasteiger partial charge in [-0.15, -0.1) is 6.42 Å². The van der Waals surface area contributed by atoms with Gasteiger partial charge >= 0.3 is 6.03 Å². The third-order valence-corrected chi connectivity index (χ3v) is 6.70. The molecule has 0 aromatic heterocycles. The molecule has 10 heteroatoms. The van der Waals surface area contributed by atoms with Crippen molar-refractivity contribution >= 4 is 52.4 Å². The molecule has 1 aliphatic heterocycles. The summed E-state index contributed by atoms with van der Waals surface area (Å²) in [6, 6.07) is 7.53. The van der Waals surface area contributed by atoms with Crippen LogP contribution in [0.5, 0.6) is 5.75 Å². The number of benzene rings is 2. The quantitative estimate of drug-likeness (QED) is 0.349. The molecule has 0 bridgehead atoms. The van der Waals surface area contributed by atoms with Crippen LogP contribution in [0.1, 0.15) is 38.2 Å². The highest BCUT2D eigenvalue weighted by Crippen LogP contribution is 2.39. The van der Waals surface area contributed by atoms with Gasteiger partial charge in [0.05, 0.1) is 10.7 Å². The predicted molar refractivity (Wildman–Crippen MR) is 147 cm³/mol. The smallest absolute Gasteiger partial charge is 0.321 e. The fraction of sp³-hybridized carbons (Fsp3) is 0.321. The van der Waals surface area contributed by atoms with Gasteiger partial charge in [-0.1, -0.05) is 35.2 Å². The summed E-state index contributed by atoms with van der Waals surface area (Å²) in [4.78, 5) is 38.7. The second kappa shape index (κ2) is 12.3. The molecule has 4 amide bonds. The molecular formula is C28H28Cl2FN3O4. The number of terminal acetylenes is 1. The average Bonchev–Trinajstić information content (AvgIpc) is 3.13. The topological polar surface area (TPSA) is 79.0 Å². The number of halogens is 3. The number of rotatable bonds is 4. The number of nitrogens with zero attached hydrogens (tertiary/aromatic N) is 2. The summed E-state index contributed by atoms with van der Waals surface area (Å²) >= 11 is 11.9. The second-order valence-corrected chi connectivity index (χ2v) is 9.87. The van der Waals surface area contributed by atoms with Gasteiger partial charge in [0.2, 0.25) is 0 Å². The molecule has 1 aliphatic carbocycles. The van der Waals surface area contributed by atoms with Crippen LogP contribution in [-0.4, -0.2) is 42.9 Å². The van der Waals surface area contributed by atoms with Crippen LogP contribution in [-0.2, 0) is 9.59 Å². The molecule has 2 aromatic carbocycles. The SMILES string of the molecule is C#CC(C)Oc1cc(N2C(=O)C3=C(CCCC3)C2=O)c(F)cc1Cl.Cc1ccc(NC(=O)N(C)C)cc1Cl. The number of carbonyl (C=O) groups is 3. The van der Waals surface area contributed by atoms with Crippen LogP contribution in [0.2, 0.25) is 10.0 Å². The minimum Gasteiger partial charge on any atom is -0.476 e. The maximum atomic E-state index is 14.4. The molecule has 38 heavy (non-hydrogen) atoms. The Hall–Kier alpha value is -3.54. The lowest BCUT2D eigenvalue weighted by atomic mass is 9.93. The van der Waals surface area contributed by atoms with E-state index in [1.165, 1.54) is 11.0 Å². The number of ether oxygens (including phenoxy) is 1. The van der Waals surface area contributed by atoms with E-state index in [4.69, 9.17) is 34.4 Å². The monoisotopic (exact) mass is 559 g/mol. The van der Waals surface area contributed by atoms with E-state index in [9.17, 15) is 18.8 Å². The average molecular weight is 560 g/mol. The zero-order valence-corrected chi connectivity index (χ0v) is 23.0. The minimum atomic E-state index is -0.762. The summed E-state index contributed by atoms with van der Waals surface area (Å²) in [7, 11) is 3.37. The van der Waals surface area contributed by atoms with E-state index in [1.807, 2.05) is 19.1 Å². The van der Waals surface area contributed by atoms with Crippen molar-refractivity contribution in [2.75, 3.05) is 24.3 Å². The maximum absolute atomic E-state index is 14.4. The molecule has 0 saturated carbocycles. The van der Waals surface area contributed by atoms with Crippen LogP contribution in [0.15, 0.2) is 41.5 Å². The van der Waals surface area contributed by atoms with Gasteiger partial charge in [-0.3, -0.25) is 9.59 Å². The van der Waals surface area contributed by atoms with Crippen molar-refractivity contribution in [2.45, 2.75) is 45.6 Å². The van der Waals surface area contributed by atoms with Gasteiger partial charge in [0, 0.05) is 42.0 Å². The van der Waals surface area contributed by atoms with Crippen LogP contribution in [0.25, 0.3) is 0 Å². The third kappa shape index (κ3) is 6.47. The van der Waals surface area contributed by atoms with E-state index < -0.39 is 23.7 Å². The van der Waals surface area contributed by atoms with Crippen molar-refractivity contribution in [1.29, 1.82) is 0 Å². The Balaban J connectivity index is 0.000000244. The number of hydrogen-bond donors (Lipinski definition) is 1. The van der Waals surface area contributed by atoms with Gasteiger partial charge in [0.25, 0.3) is 11.8 Å². The van der Waals surface area contributed by atoms with Gasteiger partial charge in [0.1, 0.15) is 11.6 Å². The molecule has 1 N–H and O–H groups in total. The number of hydrogen-bond acceptors (Lipinski definition) is 4. The Kier molecular flexibility index (Phi) is 9.42. The molecular weight excluding hydrogens is 532 g/mol.